The minimum absolute atomic E-state index is 0.0314. The van der Waals surface area contributed by atoms with Crippen molar-refractivity contribution >= 4 is 18.7 Å². The number of ether oxygens (including phenoxy) is 3. The Hall–Kier alpha value is -4.64. The number of phosphoric acid groups is 1. The first-order valence-electron chi connectivity index (χ1n) is 13.1. The zero-order valence-corrected chi connectivity index (χ0v) is 23.8. The number of hydrogen-bond acceptors (Lipinski definition) is 10. The standard InChI is InChI=1S/C31H26NO10P/c1-35-24-12-23(27-16-29(33)26-15-30-31(37-20-36-30)17-28(26)32-27)13-25(14-24)40-43(34,41-38-18-21-8-4-2-5-9-21)42-39-19-22-10-6-3-7-11-22/h2-17H,18-20H2,1H3,(H,32,33). The third-order valence-electron chi connectivity index (χ3n) is 6.39. The number of H-pyrrole nitrogens is 1. The lowest BCUT2D eigenvalue weighted by Crippen LogP contribution is -2.06. The van der Waals surface area contributed by atoms with E-state index < -0.39 is 7.82 Å². The van der Waals surface area contributed by atoms with Crippen LogP contribution in [0.1, 0.15) is 11.1 Å². The molecule has 12 heteroatoms. The van der Waals surface area contributed by atoms with Crippen LogP contribution in [0.15, 0.2) is 102 Å². The van der Waals surface area contributed by atoms with Gasteiger partial charge >= 0.3 is 7.82 Å². The van der Waals surface area contributed by atoms with Gasteiger partial charge in [-0.3, -0.25) is 4.79 Å². The molecule has 1 N–H and O–H groups in total. The maximum atomic E-state index is 13.7. The second-order valence-corrected chi connectivity index (χ2v) is 10.8. The van der Waals surface area contributed by atoms with Crippen LogP contribution in [0, 0.1) is 0 Å². The van der Waals surface area contributed by atoms with Crippen molar-refractivity contribution in [3.05, 3.63) is 118 Å². The van der Waals surface area contributed by atoms with Crippen LogP contribution in [0.25, 0.3) is 22.2 Å². The summed E-state index contributed by atoms with van der Waals surface area (Å²) >= 11 is 0. The van der Waals surface area contributed by atoms with E-state index in [4.69, 9.17) is 37.9 Å². The molecule has 11 nitrogen and oxygen atoms in total. The fourth-order valence-corrected chi connectivity index (χ4v) is 5.14. The minimum Gasteiger partial charge on any atom is -0.497 e. The van der Waals surface area contributed by atoms with Gasteiger partial charge in [0.25, 0.3) is 0 Å². The molecule has 220 valence electrons. The summed E-state index contributed by atoms with van der Waals surface area (Å²) in [6.45, 7) is 0.0182. The Bertz CT molecular complexity index is 1780. The average molecular weight is 604 g/mol. The van der Waals surface area contributed by atoms with Gasteiger partial charge in [0, 0.05) is 34.8 Å². The van der Waals surface area contributed by atoms with Gasteiger partial charge in [0.1, 0.15) is 24.7 Å². The summed E-state index contributed by atoms with van der Waals surface area (Å²) in [7, 11) is -3.05. The van der Waals surface area contributed by atoms with E-state index in [1.165, 1.54) is 19.2 Å². The fraction of sp³-hybridized carbons (Fsp3) is 0.129. The lowest BCUT2D eigenvalue weighted by Gasteiger charge is -2.18. The summed E-state index contributed by atoms with van der Waals surface area (Å²) in [5.74, 6) is 1.41. The molecule has 0 amide bonds. The van der Waals surface area contributed by atoms with Gasteiger partial charge < -0.3 is 23.7 Å². The first kappa shape index (κ1) is 28.5. The van der Waals surface area contributed by atoms with E-state index in [2.05, 4.69) is 4.98 Å². The predicted octanol–water partition coefficient (Wildman–Crippen LogP) is 6.72. The number of benzene rings is 4. The topological polar surface area (TPSA) is 124 Å². The van der Waals surface area contributed by atoms with E-state index in [9.17, 15) is 9.36 Å². The van der Waals surface area contributed by atoms with Crippen LogP contribution in [0.5, 0.6) is 23.0 Å². The molecule has 1 aliphatic rings. The lowest BCUT2D eigenvalue weighted by atomic mass is 10.1. The molecule has 0 fully saturated rings. The van der Waals surface area contributed by atoms with Crippen molar-refractivity contribution in [1.82, 2.24) is 4.98 Å². The van der Waals surface area contributed by atoms with Crippen molar-refractivity contribution < 1.29 is 42.4 Å². The van der Waals surface area contributed by atoms with Gasteiger partial charge in [0.15, 0.2) is 16.9 Å². The monoisotopic (exact) mass is 603 g/mol. The number of fused-ring (bicyclic) bond motifs is 2. The van der Waals surface area contributed by atoms with Crippen molar-refractivity contribution in [2.75, 3.05) is 13.9 Å². The lowest BCUT2D eigenvalue weighted by molar-refractivity contribution is -0.287. The molecule has 0 unspecified atom stereocenters. The number of hydrogen-bond donors (Lipinski definition) is 1. The van der Waals surface area contributed by atoms with Gasteiger partial charge in [0.2, 0.25) is 6.79 Å². The number of pyridine rings is 1. The fourth-order valence-electron chi connectivity index (χ4n) is 4.33. The molecule has 1 aromatic heterocycles. The SMILES string of the molecule is COc1cc(OP(=O)(OOCc2ccccc2)OOCc2ccccc2)cc(-c2cc(=O)c3cc4c(cc3[nH]2)OCO4)c1. The average Bonchev–Trinajstić information content (AvgIpc) is 3.48. The summed E-state index contributed by atoms with van der Waals surface area (Å²) in [5.41, 5.74) is 2.77. The predicted molar refractivity (Wildman–Crippen MR) is 156 cm³/mol. The highest BCUT2D eigenvalue weighted by molar-refractivity contribution is 7.48. The van der Waals surface area contributed by atoms with E-state index in [1.807, 2.05) is 60.7 Å². The Morgan fingerprint density at radius 2 is 1.37 bits per heavy atom. The minimum atomic E-state index is -4.52. The summed E-state index contributed by atoms with van der Waals surface area (Å²) < 4.78 is 46.1. The van der Waals surface area contributed by atoms with Crippen LogP contribution in [0.2, 0.25) is 0 Å². The van der Waals surface area contributed by atoms with Crippen molar-refractivity contribution in [3.8, 4) is 34.3 Å². The van der Waals surface area contributed by atoms with Gasteiger partial charge in [-0.05, 0) is 29.3 Å². The molecule has 2 heterocycles. The van der Waals surface area contributed by atoms with E-state index in [1.54, 1.807) is 24.3 Å². The molecule has 0 saturated carbocycles. The summed E-state index contributed by atoms with van der Waals surface area (Å²) in [5, 5.41) is 0.435. The van der Waals surface area contributed by atoms with Gasteiger partial charge in [-0.1, -0.05) is 60.7 Å². The van der Waals surface area contributed by atoms with Gasteiger partial charge in [-0.15, -0.1) is 9.35 Å². The highest BCUT2D eigenvalue weighted by Gasteiger charge is 2.33. The molecule has 0 aliphatic carbocycles. The first-order chi connectivity index (χ1) is 21.0. The van der Waals surface area contributed by atoms with E-state index in [0.29, 0.717) is 39.4 Å². The molecule has 5 aromatic rings. The Morgan fingerprint density at radius 1 is 0.767 bits per heavy atom. The summed E-state index contributed by atoms with van der Waals surface area (Å²) in [4.78, 5) is 26.7. The second-order valence-electron chi connectivity index (χ2n) is 9.38. The smallest absolute Gasteiger partial charge is 0.497 e. The van der Waals surface area contributed by atoms with E-state index in [-0.39, 0.29) is 31.2 Å². The van der Waals surface area contributed by atoms with Crippen molar-refractivity contribution in [2.24, 2.45) is 0 Å². The Kier molecular flexibility index (Phi) is 8.41. The maximum Gasteiger partial charge on any atom is 0.585 e. The molecule has 6 rings (SSSR count). The Balaban J connectivity index is 1.27. The van der Waals surface area contributed by atoms with Crippen LogP contribution < -0.4 is 24.2 Å². The summed E-state index contributed by atoms with van der Waals surface area (Å²) in [6.07, 6.45) is 0. The molecular weight excluding hydrogens is 577 g/mol. The van der Waals surface area contributed by atoms with Gasteiger partial charge in [-0.25, -0.2) is 14.3 Å². The Morgan fingerprint density at radius 3 is 2.00 bits per heavy atom. The highest BCUT2D eigenvalue weighted by Crippen LogP contribution is 2.51. The Labute approximate surface area is 245 Å². The van der Waals surface area contributed by atoms with Crippen LogP contribution in [0.4, 0.5) is 0 Å². The quantitative estimate of drug-likeness (QED) is 0.0934. The molecule has 0 bridgehead atoms. The molecular formula is C31H26NO10P. The molecule has 0 atom stereocenters. The summed E-state index contributed by atoms with van der Waals surface area (Å²) in [6, 6.07) is 27.8. The first-order valence-corrected chi connectivity index (χ1v) is 14.6. The van der Waals surface area contributed by atoms with Gasteiger partial charge in [-0.2, -0.15) is 0 Å². The normalized spacial score (nSPS) is 12.4. The maximum absolute atomic E-state index is 13.7. The number of aromatic nitrogens is 1. The van der Waals surface area contributed by atoms with Crippen LogP contribution >= 0.6 is 7.82 Å². The largest absolute Gasteiger partial charge is 0.585 e. The molecule has 43 heavy (non-hydrogen) atoms. The third-order valence-corrected chi connectivity index (χ3v) is 7.40. The molecule has 4 aromatic carbocycles. The van der Waals surface area contributed by atoms with Crippen molar-refractivity contribution in [2.45, 2.75) is 13.2 Å². The molecule has 0 saturated heterocycles. The molecule has 0 spiro atoms. The zero-order valence-electron chi connectivity index (χ0n) is 22.9. The van der Waals surface area contributed by atoms with Crippen LogP contribution in [-0.2, 0) is 36.9 Å². The second kappa shape index (κ2) is 12.7. The number of methoxy groups -OCH3 is 1. The highest BCUT2D eigenvalue weighted by atomic mass is 31.2. The molecule has 1 aliphatic heterocycles. The van der Waals surface area contributed by atoms with Crippen LogP contribution in [-0.4, -0.2) is 18.9 Å². The third kappa shape index (κ3) is 6.89. The van der Waals surface area contributed by atoms with Crippen molar-refractivity contribution in [3.63, 3.8) is 0 Å². The number of nitrogens with one attached hydrogen (secondary N) is 1. The zero-order chi connectivity index (χ0) is 29.6. The number of aromatic amines is 1. The van der Waals surface area contributed by atoms with Crippen LogP contribution in [0.3, 0.4) is 0 Å². The number of rotatable bonds is 12. The van der Waals surface area contributed by atoms with Crippen molar-refractivity contribution in [1.29, 1.82) is 0 Å². The molecule has 0 radical (unpaired) electrons. The van der Waals surface area contributed by atoms with Gasteiger partial charge in [0.05, 0.1) is 12.6 Å². The van der Waals surface area contributed by atoms with E-state index >= 15 is 0 Å². The van der Waals surface area contributed by atoms with E-state index in [0.717, 1.165) is 11.1 Å².